The lowest BCUT2D eigenvalue weighted by Gasteiger charge is -2.14. The molecule has 0 saturated heterocycles. The van der Waals surface area contributed by atoms with Crippen molar-refractivity contribution in [3.63, 3.8) is 0 Å². The van der Waals surface area contributed by atoms with Gasteiger partial charge in [-0.1, -0.05) is 18.2 Å². The van der Waals surface area contributed by atoms with Gasteiger partial charge in [0.1, 0.15) is 0 Å². The van der Waals surface area contributed by atoms with E-state index in [0.717, 1.165) is 11.1 Å². The number of benzene rings is 2. The maximum Gasteiger partial charge on any atom is 0.255 e. The first-order valence-electron chi connectivity index (χ1n) is 10.0. The van der Waals surface area contributed by atoms with E-state index in [1.807, 2.05) is 12.1 Å². The number of anilines is 1. The molecule has 0 saturated carbocycles. The lowest BCUT2D eigenvalue weighted by Crippen LogP contribution is -2.27. The van der Waals surface area contributed by atoms with Gasteiger partial charge in [0.25, 0.3) is 5.91 Å². The molecule has 0 spiro atoms. The minimum atomic E-state index is -0.488. The van der Waals surface area contributed by atoms with Gasteiger partial charge in [0.15, 0.2) is 11.5 Å². The number of carbonyl (C=O) groups excluding carboxylic acids is 2. The highest BCUT2D eigenvalue weighted by atomic mass is 16.5. The van der Waals surface area contributed by atoms with Crippen LogP contribution in [0.15, 0.2) is 67.0 Å². The number of nitrogens with zero attached hydrogens (tertiary/aromatic N) is 1. The number of amides is 2. The van der Waals surface area contributed by atoms with E-state index < -0.39 is 6.04 Å². The Bertz CT molecular complexity index is 1060. The predicted octanol–water partition coefficient (Wildman–Crippen LogP) is 3.06. The van der Waals surface area contributed by atoms with Crippen LogP contribution in [0.5, 0.6) is 11.5 Å². The number of nitrogens with one attached hydrogen (secondary N) is 2. The Morgan fingerprint density at radius 2 is 1.66 bits per heavy atom. The van der Waals surface area contributed by atoms with Crippen LogP contribution in [0.1, 0.15) is 33.9 Å². The number of aromatic nitrogens is 1. The SMILES string of the molecule is COc1ccc(CNC(=O)CC(N)c2ccc(C(=O)Nc3ccncc3)cc2)cc1OC. The summed E-state index contributed by atoms with van der Waals surface area (Å²) < 4.78 is 10.5. The maximum atomic E-state index is 12.3. The Morgan fingerprint density at radius 1 is 0.969 bits per heavy atom. The fourth-order valence-electron chi connectivity index (χ4n) is 3.10. The fraction of sp³-hybridized carbons (Fsp3) is 0.208. The summed E-state index contributed by atoms with van der Waals surface area (Å²) in [5.41, 5.74) is 9.01. The molecular weight excluding hydrogens is 408 g/mol. The number of carbonyl (C=O) groups is 2. The van der Waals surface area contributed by atoms with Gasteiger partial charge in [0.05, 0.1) is 14.2 Å². The van der Waals surface area contributed by atoms with Crippen molar-refractivity contribution in [2.24, 2.45) is 5.73 Å². The van der Waals surface area contributed by atoms with Crippen molar-refractivity contribution < 1.29 is 19.1 Å². The molecule has 2 amide bonds. The summed E-state index contributed by atoms with van der Waals surface area (Å²) in [5, 5.41) is 5.66. The van der Waals surface area contributed by atoms with E-state index in [1.54, 1.807) is 69.1 Å². The van der Waals surface area contributed by atoms with Gasteiger partial charge in [-0.15, -0.1) is 0 Å². The average Bonchev–Trinajstić information content (AvgIpc) is 2.83. The molecule has 0 aliphatic rings. The van der Waals surface area contributed by atoms with Gasteiger partial charge in [-0.3, -0.25) is 14.6 Å². The van der Waals surface area contributed by atoms with Crippen LogP contribution >= 0.6 is 0 Å². The normalized spacial score (nSPS) is 11.3. The first-order valence-corrected chi connectivity index (χ1v) is 10.0. The molecule has 1 atom stereocenters. The van der Waals surface area contributed by atoms with Crippen LogP contribution in [0.25, 0.3) is 0 Å². The van der Waals surface area contributed by atoms with E-state index in [4.69, 9.17) is 15.2 Å². The molecule has 3 rings (SSSR count). The molecular formula is C24H26N4O4. The van der Waals surface area contributed by atoms with Crippen LogP contribution in [0.3, 0.4) is 0 Å². The Balaban J connectivity index is 1.52. The van der Waals surface area contributed by atoms with E-state index in [1.165, 1.54) is 0 Å². The predicted molar refractivity (Wildman–Crippen MR) is 122 cm³/mol. The summed E-state index contributed by atoms with van der Waals surface area (Å²) in [4.78, 5) is 28.6. The first kappa shape index (κ1) is 22.8. The minimum absolute atomic E-state index is 0.121. The van der Waals surface area contributed by atoms with Crippen molar-refractivity contribution >= 4 is 17.5 Å². The molecule has 166 valence electrons. The van der Waals surface area contributed by atoms with Crippen molar-refractivity contribution in [2.75, 3.05) is 19.5 Å². The standard InChI is InChI=1S/C24H26N4O4/c1-31-21-8-3-16(13-22(21)32-2)15-27-23(29)14-20(25)17-4-6-18(7-5-17)24(30)28-19-9-11-26-12-10-19/h3-13,20H,14-15,25H2,1-2H3,(H,27,29)(H,26,28,30). The summed E-state index contributed by atoms with van der Waals surface area (Å²) in [5.74, 6) is 0.822. The van der Waals surface area contributed by atoms with Gasteiger partial charge in [-0.25, -0.2) is 0 Å². The lowest BCUT2D eigenvalue weighted by molar-refractivity contribution is -0.121. The summed E-state index contributed by atoms with van der Waals surface area (Å²) in [6.07, 6.45) is 3.33. The highest BCUT2D eigenvalue weighted by Crippen LogP contribution is 2.27. The molecule has 1 aromatic heterocycles. The van der Waals surface area contributed by atoms with E-state index in [9.17, 15) is 9.59 Å². The minimum Gasteiger partial charge on any atom is -0.493 e. The summed E-state index contributed by atoms with van der Waals surface area (Å²) in [7, 11) is 3.13. The second-order valence-electron chi connectivity index (χ2n) is 7.09. The molecule has 2 aromatic carbocycles. The number of rotatable bonds is 9. The molecule has 0 aliphatic heterocycles. The monoisotopic (exact) mass is 434 g/mol. The highest BCUT2D eigenvalue weighted by Gasteiger charge is 2.14. The second kappa shape index (κ2) is 10.9. The molecule has 0 radical (unpaired) electrons. The molecule has 0 aliphatic carbocycles. The number of hydrogen-bond acceptors (Lipinski definition) is 6. The smallest absolute Gasteiger partial charge is 0.255 e. The van der Waals surface area contributed by atoms with Crippen molar-refractivity contribution in [1.29, 1.82) is 0 Å². The summed E-state index contributed by atoms with van der Waals surface area (Å²) >= 11 is 0. The fourth-order valence-corrected chi connectivity index (χ4v) is 3.10. The van der Waals surface area contributed by atoms with Crippen LogP contribution in [0.4, 0.5) is 5.69 Å². The molecule has 0 bridgehead atoms. The molecule has 4 N–H and O–H groups in total. The zero-order valence-corrected chi connectivity index (χ0v) is 18.0. The largest absolute Gasteiger partial charge is 0.493 e. The van der Waals surface area contributed by atoms with Gasteiger partial charge in [-0.05, 0) is 47.5 Å². The molecule has 1 heterocycles. The maximum absolute atomic E-state index is 12.3. The first-order chi connectivity index (χ1) is 15.5. The van der Waals surface area contributed by atoms with Gasteiger partial charge in [0, 0.05) is 42.7 Å². The van der Waals surface area contributed by atoms with E-state index in [2.05, 4.69) is 15.6 Å². The number of pyridine rings is 1. The quantitative estimate of drug-likeness (QED) is 0.477. The van der Waals surface area contributed by atoms with Gasteiger partial charge < -0.3 is 25.8 Å². The summed E-state index contributed by atoms with van der Waals surface area (Å²) in [6.45, 7) is 0.347. The number of hydrogen-bond donors (Lipinski definition) is 3. The molecule has 1 unspecified atom stereocenters. The zero-order chi connectivity index (χ0) is 22.9. The topological polar surface area (TPSA) is 116 Å². The molecule has 32 heavy (non-hydrogen) atoms. The van der Waals surface area contributed by atoms with Gasteiger partial charge in [-0.2, -0.15) is 0 Å². The lowest BCUT2D eigenvalue weighted by atomic mass is 10.0. The van der Waals surface area contributed by atoms with Gasteiger partial charge >= 0.3 is 0 Å². The van der Waals surface area contributed by atoms with Crippen LogP contribution in [0.2, 0.25) is 0 Å². The average molecular weight is 434 g/mol. The number of nitrogens with two attached hydrogens (primary N) is 1. The summed E-state index contributed by atoms with van der Waals surface area (Å²) in [6, 6.07) is 15.3. The van der Waals surface area contributed by atoms with Crippen molar-refractivity contribution in [1.82, 2.24) is 10.3 Å². The van der Waals surface area contributed by atoms with E-state index in [-0.39, 0.29) is 18.2 Å². The Kier molecular flexibility index (Phi) is 7.77. The third kappa shape index (κ3) is 6.05. The van der Waals surface area contributed by atoms with Crippen LogP contribution in [-0.4, -0.2) is 31.0 Å². The van der Waals surface area contributed by atoms with Gasteiger partial charge in [0.2, 0.25) is 5.91 Å². The number of ether oxygens (including phenoxy) is 2. The third-order valence-corrected chi connectivity index (χ3v) is 4.88. The van der Waals surface area contributed by atoms with Crippen molar-refractivity contribution in [2.45, 2.75) is 19.0 Å². The Morgan fingerprint density at radius 3 is 2.31 bits per heavy atom. The van der Waals surface area contributed by atoms with Crippen LogP contribution < -0.4 is 25.8 Å². The zero-order valence-electron chi connectivity index (χ0n) is 18.0. The van der Waals surface area contributed by atoms with E-state index in [0.29, 0.717) is 29.3 Å². The highest BCUT2D eigenvalue weighted by molar-refractivity contribution is 6.04. The Labute approximate surface area is 186 Å². The molecule has 8 nitrogen and oxygen atoms in total. The van der Waals surface area contributed by atoms with Crippen LogP contribution in [-0.2, 0) is 11.3 Å². The molecule has 8 heteroatoms. The molecule has 0 fully saturated rings. The van der Waals surface area contributed by atoms with Crippen LogP contribution in [0, 0.1) is 0 Å². The third-order valence-electron chi connectivity index (χ3n) is 4.88. The molecule has 3 aromatic rings. The number of methoxy groups -OCH3 is 2. The van der Waals surface area contributed by atoms with Crippen molar-refractivity contribution in [3.8, 4) is 11.5 Å². The second-order valence-corrected chi connectivity index (χ2v) is 7.09. The van der Waals surface area contributed by atoms with Crippen molar-refractivity contribution in [3.05, 3.63) is 83.7 Å². The Hall–Kier alpha value is -3.91. The van der Waals surface area contributed by atoms with E-state index >= 15 is 0 Å².